The van der Waals surface area contributed by atoms with Gasteiger partial charge in [-0.1, -0.05) is 11.6 Å². The molecule has 1 aromatic heterocycles. The van der Waals surface area contributed by atoms with Gasteiger partial charge in [0, 0.05) is 6.07 Å². The summed E-state index contributed by atoms with van der Waals surface area (Å²) in [6, 6.07) is 2.19. The van der Waals surface area contributed by atoms with E-state index in [4.69, 9.17) is 11.6 Å². The number of hydrogen-bond acceptors (Lipinski definition) is 2. The molecule has 0 bridgehead atoms. The highest BCUT2D eigenvalue weighted by molar-refractivity contribution is 6.29. The lowest BCUT2D eigenvalue weighted by Crippen LogP contribution is -2.33. The Kier molecular flexibility index (Phi) is 3.00. The zero-order valence-electron chi connectivity index (χ0n) is 8.51. The zero-order valence-corrected chi connectivity index (χ0v) is 9.26. The summed E-state index contributed by atoms with van der Waals surface area (Å²) < 4.78 is 39.5. The number of hydrogen-bond donors (Lipinski definition) is 1. The van der Waals surface area contributed by atoms with E-state index in [2.05, 4.69) is 0 Å². The number of halogens is 4. The molecular weight excluding hydrogens is 273 g/mol. The smallest absolute Gasteiger partial charge is 0.297 e. The fourth-order valence-electron chi connectivity index (χ4n) is 1.38. The SMILES string of the molecule is O=c1cc(Cl)[nH]c(=O)n1-c1ccc(F)c(F)c1F. The number of H-pyrrole nitrogens is 1. The van der Waals surface area contributed by atoms with Crippen LogP contribution in [-0.2, 0) is 0 Å². The van der Waals surface area contributed by atoms with Crippen LogP contribution in [0.2, 0.25) is 5.15 Å². The normalized spacial score (nSPS) is 10.7. The molecule has 8 heteroatoms. The lowest BCUT2D eigenvalue weighted by Gasteiger charge is -2.06. The molecular formula is C10H4ClF3N2O2. The monoisotopic (exact) mass is 276 g/mol. The van der Waals surface area contributed by atoms with Crippen molar-refractivity contribution >= 4 is 11.6 Å². The highest BCUT2D eigenvalue weighted by Gasteiger charge is 2.17. The van der Waals surface area contributed by atoms with E-state index in [9.17, 15) is 22.8 Å². The van der Waals surface area contributed by atoms with Gasteiger partial charge in [-0.15, -0.1) is 0 Å². The first-order valence-electron chi connectivity index (χ1n) is 4.57. The first kappa shape index (κ1) is 12.4. The Labute approximate surface area is 102 Å². The minimum Gasteiger partial charge on any atom is -0.297 e. The lowest BCUT2D eigenvalue weighted by molar-refractivity contribution is 0.443. The number of nitrogens with one attached hydrogen (secondary N) is 1. The second-order valence-electron chi connectivity index (χ2n) is 3.29. The van der Waals surface area contributed by atoms with Gasteiger partial charge in [-0.3, -0.25) is 9.78 Å². The molecule has 2 rings (SSSR count). The Balaban J connectivity index is 2.83. The molecule has 0 fully saturated rings. The number of aromatic amines is 1. The molecule has 0 unspecified atom stereocenters. The largest absolute Gasteiger partial charge is 0.334 e. The second kappa shape index (κ2) is 4.34. The third-order valence-corrected chi connectivity index (χ3v) is 2.36. The Morgan fingerprint density at radius 2 is 1.78 bits per heavy atom. The van der Waals surface area contributed by atoms with Crippen molar-refractivity contribution in [3.05, 3.63) is 61.6 Å². The quantitative estimate of drug-likeness (QED) is 0.635. The molecule has 0 atom stereocenters. The van der Waals surface area contributed by atoms with Crippen LogP contribution in [0.5, 0.6) is 0 Å². The van der Waals surface area contributed by atoms with Crippen molar-refractivity contribution in [3.8, 4) is 5.69 Å². The third-order valence-electron chi connectivity index (χ3n) is 2.16. The van der Waals surface area contributed by atoms with Gasteiger partial charge >= 0.3 is 5.69 Å². The molecule has 0 aliphatic rings. The van der Waals surface area contributed by atoms with Crippen LogP contribution in [0, 0.1) is 17.5 Å². The van der Waals surface area contributed by atoms with Crippen LogP contribution >= 0.6 is 11.6 Å². The molecule has 1 N–H and O–H groups in total. The molecule has 0 spiro atoms. The Morgan fingerprint density at radius 1 is 1.11 bits per heavy atom. The molecule has 0 saturated heterocycles. The van der Waals surface area contributed by atoms with E-state index in [-0.39, 0.29) is 5.15 Å². The van der Waals surface area contributed by atoms with Crippen LogP contribution in [0.15, 0.2) is 27.8 Å². The standard InChI is InChI=1S/C10H4ClF3N2O2/c11-6-3-7(17)16(10(18)15-6)5-2-1-4(12)8(13)9(5)14/h1-3H,(H,15,18). The molecule has 94 valence electrons. The maximum absolute atomic E-state index is 13.4. The summed E-state index contributed by atoms with van der Waals surface area (Å²) in [5.41, 5.74) is -2.72. The van der Waals surface area contributed by atoms with Crippen molar-refractivity contribution in [1.29, 1.82) is 0 Å². The van der Waals surface area contributed by atoms with Crippen LogP contribution in [0.4, 0.5) is 13.2 Å². The van der Waals surface area contributed by atoms with Crippen LogP contribution < -0.4 is 11.2 Å². The van der Waals surface area contributed by atoms with E-state index in [1.54, 1.807) is 0 Å². The Morgan fingerprint density at radius 3 is 2.39 bits per heavy atom. The highest BCUT2D eigenvalue weighted by atomic mass is 35.5. The number of aromatic nitrogens is 2. The summed E-state index contributed by atoms with van der Waals surface area (Å²) in [4.78, 5) is 25.0. The van der Waals surface area contributed by atoms with Crippen molar-refractivity contribution in [2.24, 2.45) is 0 Å². The van der Waals surface area contributed by atoms with Crippen molar-refractivity contribution in [2.75, 3.05) is 0 Å². The lowest BCUT2D eigenvalue weighted by atomic mass is 10.2. The minimum atomic E-state index is -1.77. The molecule has 0 aliphatic heterocycles. The van der Waals surface area contributed by atoms with Gasteiger partial charge in [0.15, 0.2) is 17.5 Å². The molecule has 0 saturated carbocycles. The maximum Gasteiger partial charge on any atom is 0.334 e. The zero-order chi connectivity index (χ0) is 13.4. The van der Waals surface area contributed by atoms with Gasteiger partial charge < -0.3 is 0 Å². The Bertz CT molecular complexity index is 708. The molecule has 1 aromatic carbocycles. The van der Waals surface area contributed by atoms with Gasteiger partial charge in [-0.2, -0.15) is 0 Å². The topological polar surface area (TPSA) is 54.9 Å². The second-order valence-corrected chi connectivity index (χ2v) is 3.70. The van der Waals surface area contributed by atoms with Gasteiger partial charge in [0.2, 0.25) is 0 Å². The van der Waals surface area contributed by atoms with E-state index in [0.29, 0.717) is 10.6 Å². The predicted molar refractivity (Wildman–Crippen MR) is 57.5 cm³/mol. The summed E-state index contributed by atoms with van der Waals surface area (Å²) in [7, 11) is 0. The van der Waals surface area contributed by atoms with Crippen LogP contribution in [0.3, 0.4) is 0 Å². The third kappa shape index (κ3) is 1.92. The summed E-state index contributed by atoms with van der Waals surface area (Å²) in [5.74, 6) is -4.83. The van der Waals surface area contributed by atoms with E-state index in [1.807, 2.05) is 4.98 Å². The number of benzene rings is 1. The molecule has 0 amide bonds. The van der Waals surface area contributed by atoms with E-state index >= 15 is 0 Å². The number of nitrogens with zero attached hydrogens (tertiary/aromatic N) is 1. The fraction of sp³-hybridized carbons (Fsp3) is 0. The predicted octanol–water partition coefficient (Wildman–Crippen LogP) is 1.60. The Hall–Kier alpha value is -2.02. The summed E-state index contributed by atoms with van der Waals surface area (Å²) >= 11 is 5.41. The van der Waals surface area contributed by atoms with E-state index < -0.39 is 34.4 Å². The molecule has 4 nitrogen and oxygen atoms in total. The van der Waals surface area contributed by atoms with Gasteiger partial charge in [-0.25, -0.2) is 22.5 Å². The van der Waals surface area contributed by atoms with Crippen molar-refractivity contribution in [3.63, 3.8) is 0 Å². The van der Waals surface area contributed by atoms with Crippen LogP contribution in [0.1, 0.15) is 0 Å². The minimum absolute atomic E-state index is 0.246. The highest BCUT2D eigenvalue weighted by Crippen LogP contribution is 2.16. The van der Waals surface area contributed by atoms with E-state index in [1.165, 1.54) is 0 Å². The first-order valence-corrected chi connectivity index (χ1v) is 4.95. The van der Waals surface area contributed by atoms with Gasteiger partial charge in [0.05, 0.1) is 5.69 Å². The molecule has 0 radical (unpaired) electrons. The summed E-state index contributed by atoms with van der Waals surface area (Å²) in [6.07, 6.45) is 0. The van der Waals surface area contributed by atoms with E-state index in [0.717, 1.165) is 12.1 Å². The molecule has 18 heavy (non-hydrogen) atoms. The maximum atomic E-state index is 13.4. The average Bonchev–Trinajstić information content (AvgIpc) is 2.28. The van der Waals surface area contributed by atoms with Crippen molar-refractivity contribution < 1.29 is 13.2 Å². The molecule has 1 heterocycles. The van der Waals surface area contributed by atoms with Crippen LogP contribution in [-0.4, -0.2) is 9.55 Å². The number of rotatable bonds is 1. The van der Waals surface area contributed by atoms with Crippen molar-refractivity contribution in [1.82, 2.24) is 9.55 Å². The van der Waals surface area contributed by atoms with Gasteiger partial charge in [0.1, 0.15) is 5.15 Å². The molecule has 2 aromatic rings. The summed E-state index contributed by atoms with van der Waals surface area (Å²) in [5, 5.41) is -0.246. The average molecular weight is 277 g/mol. The van der Waals surface area contributed by atoms with Gasteiger partial charge in [-0.05, 0) is 12.1 Å². The van der Waals surface area contributed by atoms with Crippen molar-refractivity contribution in [2.45, 2.75) is 0 Å². The van der Waals surface area contributed by atoms with Gasteiger partial charge in [0.25, 0.3) is 5.56 Å². The first-order chi connectivity index (χ1) is 8.41. The molecule has 0 aliphatic carbocycles. The fourth-order valence-corrected chi connectivity index (χ4v) is 1.56. The van der Waals surface area contributed by atoms with Crippen LogP contribution in [0.25, 0.3) is 5.69 Å². The summed E-state index contributed by atoms with van der Waals surface area (Å²) in [6.45, 7) is 0.